The quantitative estimate of drug-likeness (QED) is 0.614. The summed E-state index contributed by atoms with van der Waals surface area (Å²) in [5.41, 5.74) is -1.22. The van der Waals surface area contributed by atoms with Crippen LogP contribution in [-0.4, -0.2) is 24.5 Å². The third kappa shape index (κ3) is 2.93. The van der Waals surface area contributed by atoms with Gasteiger partial charge in [-0.1, -0.05) is 11.6 Å². The fraction of sp³-hybridized carbons (Fsp3) is 0.333. The molecule has 0 saturated heterocycles. The van der Waals surface area contributed by atoms with Crippen molar-refractivity contribution in [3.8, 4) is 0 Å². The fourth-order valence-electron chi connectivity index (χ4n) is 1.01. The lowest BCUT2D eigenvalue weighted by atomic mass is 10.2. The van der Waals surface area contributed by atoms with E-state index in [0.29, 0.717) is 6.07 Å². The number of rotatable bonds is 3. The first-order chi connectivity index (χ1) is 7.36. The molecule has 0 amide bonds. The Labute approximate surface area is 94.2 Å². The number of halogens is 4. The molecule has 0 unspecified atom stereocenters. The molecule has 0 spiro atoms. The van der Waals surface area contributed by atoms with Gasteiger partial charge in [-0.05, 0) is 12.1 Å². The largest absolute Gasteiger partial charge is 0.433 e. The number of Topliss-reactive ketones (excluding diaryl/α,β-unsaturated/α-hetero) is 1. The van der Waals surface area contributed by atoms with E-state index < -0.39 is 22.8 Å². The molecule has 0 aromatic carbocycles. The van der Waals surface area contributed by atoms with Crippen LogP contribution in [0, 0.1) is 0 Å². The molecule has 0 fully saturated rings. The summed E-state index contributed by atoms with van der Waals surface area (Å²) >= 11 is 5.48. The monoisotopic (exact) mass is 253 g/mol. The van der Waals surface area contributed by atoms with E-state index in [1.54, 1.807) is 0 Å². The fourth-order valence-corrected chi connectivity index (χ4v) is 1.27. The number of alkyl halides is 3. The molecule has 0 atom stereocenters. The molecule has 0 N–H and O–H groups in total. The molecule has 0 aliphatic heterocycles. The van der Waals surface area contributed by atoms with Gasteiger partial charge in [0.2, 0.25) is 0 Å². The van der Waals surface area contributed by atoms with Gasteiger partial charge < -0.3 is 4.74 Å². The molecule has 0 bridgehead atoms. The summed E-state index contributed by atoms with van der Waals surface area (Å²) < 4.78 is 41.2. The number of carbonyl (C=O) groups excluding carboxylic acids is 1. The minimum atomic E-state index is -4.58. The molecular formula is C9H7ClF3NO2. The lowest BCUT2D eigenvalue weighted by Gasteiger charge is -2.07. The van der Waals surface area contributed by atoms with Gasteiger partial charge in [-0.15, -0.1) is 0 Å². The van der Waals surface area contributed by atoms with E-state index in [1.165, 1.54) is 7.11 Å². The Morgan fingerprint density at radius 1 is 1.50 bits per heavy atom. The highest BCUT2D eigenvalue weighted by Crippen LogP contribution is 2.29. The zero-order chi connectivity index (χ0) is 12.3. The first-order valence-electron chi connectivity index (χ1n) is 4.12. The molecular weight excluding hydrogens is 247 g/mol. The van der Waals surface area contributed by atoms with Crippen LogP contribution in [0.3, 0.4) is 0 Å². The van der Waals surface area contributed by atoms with Crippen molar-refractivity contribution >= 4 is 17.4 Å². The Bertz CT molecular complexity index is 406. The Balaban J connectivity index is 3.05. The van der Waals surface area contributed by atoms with Gasteiger partial charge >= 0.3 is 6.18 Å². The molecule has 1 aromatic rings. The van der Waals surface area contributed by atoms with Crippen LogP contribution in [0.1, 0.15) is 16.1 Å². The third-order valence-electron chi connectivity index (χ3n) is 1.72. The highest BCUT2D eigenvalue weighted by molar-refractivity contribution is 6.32. The number of aromatic nitrogens is 1. The van der Waals surface area contributed by atoms with Gasteiger partial charge in [0.1, 0.15) is 17.5 Å². The Morgan fingerprint density at radius 3 is 2.56 bits per heavy atom. The minimum absolute atomic E-state index is 0.0866. The molecule has 1 rings (SSSR count). The van der Waals surface area contributed by atoms with Gasteiger partial charge in [-0.2, -0.15) is 13.2 Å². The summed E-state index contributed by atoms with van der Waals surface area (Å²) in [7, 11) is 1.29. The van der Waals surface area contributed by atoms with Gasteiger partial charge in [0.15, 0.2) is 5.78 Å². The van der Waals surface area contributed by atoms with E-state index in [-0.39, 0.29) is 12.2 Å². The predicted molar refractivity (Wildman–Crippen MR) is 50.5 cm³/mol. The molecule has 0 saturated carbocycles. The number of pyridine rings is 1. The van der Waals surface area contributed by atoms with Crippen LogP contribution >= 0.6 is 11.6 Å². The number of hydrogen-bond acceptors (Lipinski definition) is 3. The van der Waals surface area contributed by atoms with Crippen molar-refractivity contribution in [1.82, 2.24) is 4.98 Å². The van der Waals surface area contributed by atoms with Crippen molar-refractivity contribution in [2.24, 2.45) is 0 Å². The number of carbonyl (C=O) groups is 1. The SMILES string of the molecule is COCC(=O)c1ccc(C(F)(F)F)nc1Cl. The lowest BCUT2D eigenvalue weighted by molar-refractivity contribution is -0.141. The van der Waals surface area contributed by atoms with Gasteiger partial charge in [0, 0.05) is 7.11 Å². The van der Waals surface area contributed by atoms with E-state index in [0.717, 1.165) is 6.07 Å². The summed E-state index contributed by atoms with van der Waals surface area (Å²) in [5.74, 6) is -0.520. The summed E-state index contributed by atoms with van der Waals surface area (Å²) in [6.07, 6.45) is -4.58. The minimum Gasteiger partial charge on any atom is -0.377 e. The second kappa shape index (κ2) is 4.80. The summed E-state index contributed by atoms with van der Waals surface area (Å²) in [5, 5.41) is -0.475. The first kappa shape index (κ1) is 12.9. The zero-order valence-electron chi connectivity index (χ0n) is 8.14. The van der Waals surface area contributed by atoms with Crippen LogP contribution in [-0.2, 0) is 10.9 Å². The maximum absolute atomic E-state index is 12.2. The smallest absolute Gasteiger partial charge is 0.377 e. The van der Waals surface area contributed by atoms with Crippen LogP contribution in [0.15, 0.2) is 12.1 Å². The molecule has 7 heteroatoms. The van der Waals surface area contributed by atoms with Crippen molar-refractivity contribution in [2.45, 2.75) is 6.18 Å². The third-order valence-corrected chi connectivity index (χ3v) is 2.00. The van der Waals surface area contributed by atoms with E-state index in [4.69, 9.17) is 11.6 Å². The number of methoxy groups -OCH3 is 1. The van der Waals surface area contributed by atoms with Crippen molar-refractivity contribution in [3.05, 3.63) is 28.5 Å². The van der Waals surface area contributed by atoms with Crippen LogP contribution in [0.5, 0.6) is 0 Å². The maximum Gasteiger partial charge on any atom is 0.433 e. The first-order valence-corrected chi connectivity index (χ1v) is 4.50. The average molecular weight is 254 g/mol. The molecule has 0 aliphatic carbocycles. The number of ether oxygens (including phenoxy) is 1. The predicted octanol–water partition coefficient (Wildman–Crippen LogP) is 2.58. The van der Waals surface area contributed by atoms with Crippen LogP contribution in [0.25, 0.3) is 0 Å². The van der Waals surface area contributed by atoms with Crippen molar-refractivity contribution in [1.29, 1.82) is 0 Å². The Kier molecular flexibility index (Phi) is 3.88. The normalized spacial score (nSPS) is 11.6. The van der Waals surface area contributed by atoms with E-state index in [9.17, 15) is 18.0 Å². The van der Waals surface area contributed by atoms with Gasteiger partial charge in [-0.3, -0.25) is 4.79 Å². The molecule has 0 radical (unpaired) electrons. The van der Waals surface area contributed by atoms with Crippen molar-refractivity contribution in [2.75, 3.05) is 13.7 Å². The summed E-state index contributed by atoms with van der Waals surface area (Å²) in [4.78, 5) is 14.4. The zero-order valence-corrected chi connectivity index (χ0v) is 8.89. The van der Waals surface area contributed by atoms with Crippen LogP contribution < -0.4 is 0 Å². The molecule has 1 heterocycles. The van der Waals surface area contributed by atoms with Gasteiger partial charge in [0.05, 0.1) is 5.56 Å². The van der Waals surface area contributed by atoms with Crippen molar-refractivity contribution in [3.63, 3.8) is 0 Å². The number of ketones is 1. The topological polar surface area (TPSA) is 39.2 Å². The second-order valence-corrected chi connectivity index (χ2v) is 3.25. The number of hydrogen-bond donors (Lipinski definition) is 0. The molecule has 3 nitrogen and oxygen atoms in total. The average Bonchev–Trinajstić information content (AvgIpc) is 2.16. The van der Waals surface area contributed by atoms with E-state index >= 15 is 0 Å². The highest BCUT2D eigenvalue weighted by Gasteiger charge is 2.33. The molecule has 88 valence electrons. The Morgan fingerprint density at radius 2 is 2.12 bits per heavy atom. The maximum atomic E-state index is 12.2. The van der Waals surface area contributed by atoms with E-state index in [1.807, 2.05) is 0 Å². The second-order valence-electron chi connectivity index (χ2n) is 2.89. The Hall–Kier alpha value is -1.14. The van der Waals surface area contributed by atoms with E-state index in [2.05, 4.69) is 9.72 Å². The molecule has 16 heavy (non-hydrogen) atoms. The number of nitrogens with zero attached hydrogens (tertiary/aromatic N) is 1. The van der Waals surface area contributed by atoms with Gasteiger partial charge in [-0.25, -0.2) is 4.98 Å². The van der Waals surface area contributed by atoms with Crippen LogP contribution in [0.4, 0.5) is 13.2 Å². The summed E-state index contributed by atoms with van der Waals surface area (Å²) in [6.45, 7) is -0.257. The van der Waals surface area contributed by atoms with Crippen molar-refractivity contribution < 1.29 is 22.7 Å². The van der Waals surface area contributed by atoms with Crippen LogP contribution in [0.2, 0.25) is 5.15 Å². The molecule has 1 aromatic heterocycles. The van der Waals surface area contributed by atoms with Gasteiger partial charge in [0.25, 0.3) is 0 Å². The lowest BCUT2D eigenvalue weighted by Crippen LogP contribution is -2.12. The highest BCUT2D eigenvalue weighted by atomic mass is 35.5. The standard InChI is InChI=1S/C9H7ClF3NO2/c1-16-4-6(15)5-2-3-7(9(11,12)13)14-8(5)10/h2-3H,4H2,1H3. The summed E-state index contributed by atoms with van der Waals surface area (Å²) in [6, 6.07) is 1.69. The molecule has 0 aliphatic rings.